The van der Waals surface area contributed by atoms with Crippen LogP contribution in [-0.2, 0) is 0 Å². The predicted molar refractivity (Wildman–Crippen MR) is 134 cm³/mol. The van der Waals surface area contributed by atoms with E-state index in [-0.39, 0.29) is 0 Å². The lowest BCUT2D eigenvalue weighted by Gasteiger charge is -2.13. The van der Waals surface area contributed by atoms with Gasteiger partial charge in [0.05, 0.1) is 22.2 Å². The zero-order valence-corrected chi connectivity index (χ0v) is 19.7. The molecule has 1 heterocycles. The number of para-hydroxylation sites is 1. The summed E-state index contributed by atoms with van der Waals surface area (Å²) >= 11 is 13.4. The van der Waals surface area contributed by atoms with E-state index in [0.717, 1.165) is 29.3 Å². The van der Waals surface area contributed by atoms with Gasteiger partial charge in [-0.2, -0.15) is 0 Å². The standard InChI is InChI=1S/C26H25Cl2N3O2/c1-2-33-21-6-4-3-5-18(21)22-19(27)13-20-24(23(22)28)31-26(30-20)25(32)16-9-11-17(12-10-16)29-14-15-7-8-15/h3-6,9-13,15,25,29,32H,2,7-8,14H2,1H3,(H,30,31). The Morgan fingerprint density at radius 3 is 2.64 bits per heavy atom. The van der Waals surface area contributed by atoms with Crippen LogP contribution in [0.5, 0.6) is 5.75 Å². The van der Waals surface area contributed by atoms with Crippen LogP contribution in [0.2, 0.25) is 10.0 Å². The van der Waals surface area contributed by atoms with Crippen molar-refractivity contribution in [3.8, 4) is 16.9 Å². The first-order chi connectivity index (χ1) is 16.0. The number of benzene rings is 3. The van der Waals surface area contributed by atoms with Crippen molar-refractivity contribution in [2.45, 2.75) is 25.9 Å². The third-order valence-electron chi connectivity index (χ3n) is 5.92. The minimum absolute atomic E-state index is 0.414. The second kappa shape index (κ2) is 9.26. The van der Waals surface area contributed by atoms with E-state index in [4.69, 9.17) is 27.9 Å². The van der Waals surface area contributed by atoms with Crippen LogP contribution in [0.4, 0.5) is 5.69 Å². The fourth-order valence-electron chi connectivity index (χ4n) is 3.96. The number of nitrogens with zero attached hydrogens (tertiary/aromatic N) is 1. The Morgan fingerprint density at radius 2 is 1.91 bits per heavy atom. The highest BCUT2D eigenvalue weighted by atomic mass is 35.5. The van der Waals surface area contributed by atoms with E-state index in [0.29, 0.717) is 44.8 Å². The first-order valence-electron chi connectivity index (χ1n) is 11.2. The molecule has 1 aromatic heterocycles. The molecule has 5 rings (SSSR count). The second-order valence-electron chi connectivity index (χ2n) is 8.34. The summed E-state index contributed by atoms with van der Waals surface area (Å²) < 4.78 is 5.77. The van der Waals surface area contributed by atoms with E-state index in [1.165, 1.54) is 12.8 Å². The first-order valence-corrected chi connectivity index (χ1v) is 11.9. The normalized spacial score (nSPS) is 14.4. The van der Waals surface area contributed by atoms with Crippen molar-refractivity contribution in [2.24, 2.45) is 5.92 Å². The van der Waals surface area contributed by atoms with Gasteiger partial charge in [-0.1, -0.05) is 53.5 Å². The zero-order valence-electron chi connectivity index (χ0n) is 18.2. The van der Waals surface area contributed by atoms with E-state index in [1.54, 1.807) is 6.07 Å². The maximum absolute atomic E-state index is 11.0. The number of imidazole rings is 1. The van der Waals surface area contributed by atoms with Crippen LogP contribution >= 0.6 is 23.2 Å². The molecule has 170 valence electrons. The molecule has 0 amide bonds. The highest BCUT2D eigenvalue weighted by Crippen LogP contribution is 2.43. The molecule has 1 aliphatic rings. The maximum Gasteiger partial charge on any atom is 0.140 e. The average Bonchev–Trinajstić information content (AvgIpc) is 3.56. The Bertz CT molecular complexity index is 1280. The molecule has 4 aromatic rings. The van der Waals surface area contributed by atoms with Crippen LogP contribution in [0.1, 0.15) is 37.3 Å². The Hall–Kier alpha value is -2.73. The molecular formula is C26H25Cl2N3O2. The number of hydrogen-bond donors (Lipinski definition) is 3. The number of halogens is 2. The number of nitrogens with one attached hydrogen (secondary N) is 2. The quantitative estimate of drug-likeness (QED) is 0.257. The fraction of sp³-hybridized carbons (Fsp3) is 0.269. The summed E-state index contributed by atoms with van der Waals surface area (Å²) in [5.41, 5.74) is 4.48. The van der Waals surface area contributed by atoms with E-state index in [2.05, 4.69) is 15.3 Å². The van der Waals surface area contributed by atoms with Gasteiger partial charge < -0.3 is 20.1 Å². The molecule has 0 saturated heterocycles. The Balaban J connectivity index is 1.46. The second-order valence-corrected chi connectivity index (χ2v) is 9.13. The molecule has 0 spiro atoms. The highest BCUT2D eigenvalue weighted by molar-refractivity contribution is 6.42. The number of H-pyrrole nitrogens is 1. The monoisotopic (exact) mass is 481 g/mol. The fourth-order valence-corrected chi connectivity index (χ4v) is 4.66. The number of aliphatic hydroxyl groups is 1. The van der Waals surface area contributed by atoms with Crippen LogP contribution in [0, 0.1) is 5.92 Å². The van der Waals surface area contributed by atoms with Crippen molar-refractivity contribution >= 4 is 39.9 Å². The van der Waals surface area contributed by atoms with E-state index < -0.39 is 6.10 Å². The van der Waals surface area contributed by atoms with Crippen molar-refractivity contribution in [1.29, 1.82) is 0 Å². The van der Waals surface area contributed by atoms with E-state index >= 15 is 0 Å². The molecule has 1 aliphatic carbocycles. The molecule has 1 atom stereocenters. The zero-order chi connectivity index (χ0) is 22.9. The lowest BCUT2D eigenvalue weighted by atomic mass is 10.0. The van der Waals surface area contributed by atoms with Gasteiger partial charge in [0.1, 0.15) is 23.2 Å². The van der Waals surface area contributed by atoms with Crippen molar-refractivity contribution < 1.29 is 9.84 Å². The van der Waals surface area contributed by atoms with Gasteiger partial charge >= 0.3 is 0 Å². The number of aromatic nitrogens is 2. The minimum atomic E-state index is -0.913. The number of fused-ring (bicyclic) bond motifs is 1. The summed E-state index contributed by atoms with van der Waals surface area (Å²) in [6, 6.07) is 17.2. The molecule has 7 heteroatoms. The number of rotatable bonds is 8. The van der Waals surface area contributed by atoms with Gasteiger partial charge in [0.2, 0.25) is 0 Å². The smallest absolute Gasteiger partial charge is 0.140 e. The van der Waals surface area contributed by atoms with Gasteiger partial charge in [0.15, 0.2) is 0 Å². The molecule has 0 bridgehead atoms. The Kier molecular flexibility index (Phi) is 6.19. The minimum Gasteiger partial charge on any atom is -0.493 e. The Labute approximate surface area is 202 Å². The largest absolute Gasteiger partial charge is 0.493 e. The average molecular weight is 482 g/mol. The molecule has 0 radical (unpaired) electrons. The van der Waals surface area contributed by atoms with Crippen LogP contribution in [0.3, 0.4) is 0 Å². The van der Waals surface area contributed by atoms with Crippen LogP contribution < -0.4 is 10.1 Å². The van der Waals surface area contributed by atoms with Gasteiger partial charge in [0, 0.05) is 23.4 Å². The highest BCUT2D eigenvalue weighted by Gasteiger charge is 2.22. The summed E-state index contributed by atoms with van der Waals surface area (Å²) in [5, 5.41) is 15.3. The lowest BCUT2D eigenvalue weighted by molar-refractivity contribution is 0.211. The molecule has 33 heavy (non-hydrogen) atoms. The summed E-state index contributed by atoms with van der Waals surface area (Å²) in [6.07, 6.45) is 1.70. The van der Waals surface area contributed by atoms with Gasteiger partial charge in [-0.3, -0.25) is 0 Å². The summed E-state index contributed by atoms with van der Waals surface area (Å²) in [5.74, 6) is 1.92. The van der Waals surface area contributed by atoms with Crippen molar-refractivity contribution in [3.05, 3.63) is 76.0 Å². The first kappa shape index (κ1) is 22.1. The summed E-state index contributed by atoms with van der Waals surface area (Å²) in [4.78, 5) is 7.81. The third-order valence-corrected chi connectivity index (χ3v) is 6.59. The van der Waals surface area contributed by atoms with Gasteiger partial charge in [0.25, 0.3) is 0 Å². The number of anilines is 1. The molecule has 1 fully saturated rings. The Morgan fingerprint density at radius 1 is 1.15 bits per heavy atom. The molecule has 1 saturated carbocycles. The van der Waals surface area contributed by atoms with Crippen LogP contribution in [-0.4, -0.2) is 28.2 Å². The van der Waals surface area contributed by atoms with E-state index in [1.807, 2.05) is 55.5 Å². The lowest BCUT2D eigenvalue weighted by Crippen LogP contribution is -2.04. The predicted octanol–water partition coefficient (Wildman–Crippen LogP) is 6.84. The summed E-state index contributed by atoms with van der Waals surface area (Å²) in [7, 11) is 0. The SMILES string of the molecule is CCOc1ccccc1-c1c(Cl)cc2[nH]c(C(O)c3ccc(NCC4CC4)cc3)nc2c1Cl. The third kappa shape index (κ3) is 4.54. The number of hydrogen-bond acceptors (Lipinski definition) is 4. The molecular weight excluding hydrogens is 457 g/mol. The number of aliphatic hydroxyl groups excluding tert-OH is 1. The topological polar surface area (TPSA) is 70.2 Å². The number of ether oxygens (including phenoxy) is 1. The van der Waals surface area contributed by atoms with Gasteiger partial charge in [-0.25, -0.2) is 4.98 Å². The van der Waals surface area contributed by atoms with Crippen LogP contribution in [0.15, 0.2) is 54.6 Å². The molecule has 0 aliphatic heterocycles. The van der Waals surface area contributed by atoms with Crippen molar-refractivity contribution in [1.82, 2.24) is 9.97 Å². The van der Waals surface area contributed by atoms with Crippen molar-refractivity contribution in [3.63, 3.8) is 0 Å². The number of aromatic amines is 1. The molecule has 3 aromatic carbocycles. The maximum atomic E-state index is 11.0. The van der Waals surface area contributed by atoms with Gasteiger partial charge in [-0.15, -0.1) is 0 Å². The van der Waals surface area contributed by atoms with Crippen LogP contribution in [0.25, 0.3) is 22.2 Å². The summed E-state index contributed by atoms with van der Waals surface area (Å²) in [6.45, 7) is 3.46. The van der Waals surface area contributed by atoms with Gasteiger partial charge in [-0.05, 0) is 55.5 Å². The van der Waals surface area contributed by atoms with Crippen molar-refractivity contribution in [2.75, 3.05) is 18.5 Å². The molecule has 1 unspecified atom stereocenters. The van der Waals surface area contributed by atoms with E-state index in [9.17, 15) is 5.11 Å². The molecule has 5 nitrogen and oxygen atoms in total. The molecule has 3 N–H and O–H groups in total.